The van der Waals surface area contributed by atoms with E-state index in [4.69, 9.17) is 5.73 Å². The Morgan fingerprint density at radius 2 is 2.00 bits per heavy atom. The van der Waals surface area contributed by atoms with E-state index in [2.05, 4.69) is 22.8 Å². The summed E-state index contributed by atoms with van der Waals surface area (Å²) in [7, 11) is 0. The van der Waals surface area contributed by atoms with Crippen LogP contribution in [0.25, 0.3) is 0 Å². The lowest BCUT2D eigenvalue weighted by molar-refractivity contribution is 0.273. The molecule has 2 aliphatic heterocycles. The van der Waals surface area contributed by atoms with Gasteiger partial charge in [-0.3, -0.25) is 4.90 Å². The maximum atomic E-state index is 6.19. The number of hydrogen-bond donors (Lipinski definition) is 1. The van der Waals surface area contributed by atoms with Crippen LogP contribution in [-0.4, -0.2) is 37.1 Å². The summed E-state index contributed by atoms with van der Waals surface area (Å²) in [4.78, 5) is 5.18. The van der Waals surface area contributed by atoms with Crippen LogP contribution in [0.3, 0.4) is 0 Å². The molecule has 0 spiro atoms. The van der Waals surface area contributed by atoms with Crippen molar-refractivity contribution in [2.24, 2.45) is 0 Å². The van der Waals surface area contributed by atoms with Crippen molar-refractivity contribution >= 4 is 11.4 Å². The van der Waals surface area contributed by atoms with Crippen molar-refractivity contribution in [1.82, 2.24) is 4.90 Å². The normalized spacial score (nSPS) is 24.9. The van der Waals surface area contributed by atoms with Crippen LogP contribution in [0.4, 0.5) is 11.4 Å². The summed E-state index contributed by atoms with van der Waals surface area (Å²) in [5.74, 6) is 0. The summed E-state index contributed by atoms with van der Waals surface area (Å²) < 4.78 is 0. The fraction of sp³-hybridized carbons (Fsp3) is 0.600. The highest BCUT2D eigenvalue weighted by Gasteiger charge is 2.29. The fourth-order valence-electron chi connectivity index (χ4n) is 3.52. The summed E-state index contributed by atoms with van der Waals surface area (Å²) >= 11 is 0. The van der Waals surface area contributed by atoms with Crippen molar-refractivity contribution < 1.29 is 0 Å². The molecule has 1 aromatic carbocycles. The number of para-hydroxylation sites is 1. The standard InChI is InChI=1S/C15H23N3/c1-12-5-2-7-14(16)15(12)18-10-4-9-17-8-3-6-13(17)11-18/h2,5,7,13H,3-4,6,8-11,16H2,1H3. The topological polar surface area (TPSA) is 32.5 Å². The average Bonchev–Trinajstić information content (AvgIpc) is 2.68. The van der Waals surface area contributed by atoms with E-state index >= 15 is 0 Å². The van der Waals surface area contributed by atoms with Crippen LogP contribution < -0.4 is 10.6 Å². The van der Waals surface area contributed by atoms with E-state index in [0.717, 1.165) is 24.8 Å². The third-order valence-electron chi connectivity index (χ3n) is 4.39. The smallest absolute Gasteiger partial charge is 0.0630 e. The van der Waals surface area contributed by atoms with Crippen LogP contribution in [-0.2, 0) is 0 Å². The van der Waals surface area contributed by atoms with E-state index in [1.54, 1.807) is 0 Å². The van der Waals surface area contributed by atoms with Gasteiger partial charge in [-0.1, -0.05) is 12.1 Å². The number of fused-ring (bicyclic) bond motifs is 1. The van der Waals surface area contributed by atoms with Crippen molar-refractivity contribution in [3.63, 3.8) is 0 Å². The molecule has 2 saturated heterocycles. The highest BCUT2D eigenvalue weighted by atomic mass is 15.3. The highest BCUT2D eigenvalue weighted by Crippen LogP contribution is 2.31. The lowest BCUT2D eigenvalue weighted by Crippen LogP contribution is -2.37. The molecule has 2 N–H and O–H groups in total. The van der Waals surface area contributed by atoms with E-state index < -0.39 is 0 Å². The average molecular weight is 245 g/mol. The molecule has 3 heteroatoms. The first-order chi connectivity index (χ1) is 8.75. The Labute approximate surface area is 110 Å². The zero-order valence-corrected chi connectivity index (χ0v) is 11.2. The molecular weight excluding hydrogens is 222 g/mol. The summed E-state index contributed by atoms with van der Waals surface area (Å²) in [6.45, 7) is 7.01. The fourth-order valence-corrected chi connectivity index (χ4v) is 3.52. The predicted molar refractivity (Wildman–Crippen MR) is 77.0 cm³/mol. The molecule has 1 aromatic rings. The summed E-state index contributed by atoms with van der Waals surface area (Å²) in [5.41, 5.74) is 9.69. The third kappa shape index (κ3) is 2.07. The Hall–Kier alpha value is -1.22. The number of nitrogens with two attached hydrogens (primary N) is 1. The van der Waals surface area contributed by atoms with Gasteiger partial charge in [0.2, 0.25) is 0 Å². The number of rotatable bonds is 1. The minimum absolute atomic E-state index is 0.742. The van der Waals surface area contributed by atoms with Crippen molar-refractivity contribution in [3.8, 4) is 0 Å². The molecule has 2 fully saturated rings. The maximum Gasteiger partial charge on any atom is 0.0630 e. The van der Waals surface area contributed by atoms with E-state index in [-0.39, 0.29) is 0 Å². The Bertz CT molecular complexity index is 409. The van der Waals surface area contributed by atoms with E-state index in [1.165, 1.54) is 43.6 Å². The van der Waals surface area contributed by atoms with Crippen LogP contribution in [0.5, 0.6) is 0 Å². The Kier molecular flexibility index (Phi) is 3.16. The van der Waals surface area contributed by atoms with Crippen LogP contribution in [0, 0.1) is 6.92 Å². The van der Waals surface area contributed by atoms with Gasteiger partial charge in [-0.15, -0.1) is 0 Å². The molecule has 0 aliphatic carbocycles. The lowest BCUT2D eigenvalue weighted by atomic mass is 10.1. The second-order valence-electron chi connectivity index (χ2n) is 5.64. The minimum atomic E-state index is 0.742. The molecule has 0 amide bonds. The van der Waals surface area contributed by atoms with Crippen molar-refractivity contribution in [2.45, 2.75) is 32.2 Å². The number of benzene rings is 1. The van der Waals surface area contributed by atoms with Gasteiger partial charge in [0.25, 0.3) is 0 Å². The Morgan fingerprint density at radius 3 is 2.83 bits per heavy atom. The zero-order valence-electron chi connectivity index (χ0n) is 11.2. The number of nitrogen functional groups attached to an aromatic ring is 1. The van der Waals surface area contributed by atoms with E-state index in [0.29, 0.717) is 0 Å². The molecule has 1 atom stereocenters. The molecule has 2 heterocycles. The second kappa shape index (κ2) is 4.81. The quantitative estimate of drug-likeness (QED) is 0.770. The van der Waals surface area contributed by atoms with Gasteiger partial charge < -0.3 is 10.6 Å². The van der Waals surface area contributed by atoms with Crippen LogP contribution in [0.2, 0.25) is 0 Å². The molecule has 1 unspecified atom stereocenters. The number of anilines is 2. The third-order valence-corrected chi connectivity index (χ3v) is 4.39. The SMILES string of the molecule is Cc1cccc(N)c1N1CCCN2CCCC2C1. The first-order valence-electron chi connectivity index (χ1n) is 7.10. The van der Waals surface area contributed by atoms with Gasteiger partial charge in [-0.2, -0.15) is 0 Å². The minimum Gasteiger partial charge on any atom is -0.397 e. The van der Waals surface area contributed by atoms with Gasteiger partial charge in [-0.25, -0.2) is 0 Å². The zero-order chi connectivity index (χ0) is 12.5. The second-order valence-corrected chi connectivity index (χ2v) is 5.64. The number of aryl methyl sites for hydroxylation is 1. The van der Waals surface area contributed by atoms with Crippen molar-refractivity contribution in [2.75, 3.05) is 36.8 Å². The Morgan fingerprint density at radius 1 is 1.17 bits per heavy atom. The van der Waals surface area contributed by atoms with Crippen LogP contribution in [0.15, 0.2) is 18.2 Å². The molecule has 3 rings (SSSR count). The van der Waals surface area contributed by atoms with Gasteiger partial charge >= 0.3 is 0 Å². The monoisotopic (exact) mass is 245 g/mol. The molecule has 0 radical (unpaired) electrons. The lowest BCUT2D eigenvalue weighted by Gasteiger charge is -2.29. The van der Waals surface area contributed by atoms with Gasteiger partial charge in [0.05, 0.1) is 11.4 Å². The first kappa shape index (κ1) is 11.8. The molecule has 2 aliphatic rings. The molecule has 3 nitrogen and oxygen atoms in total. The molecule has 18 heavy (non-hydrogen) atoms. The summed E-state index contributed by atoms with van der Waals surface area (Å²) in [5, 5.41) is 0. The summed E-state index contributed by atoms with van der Waals surface area (Å²) in [6, 6.07) is 6.99. The molecule has 0 aromatic heterocycles. The molecular formula is C15H23N3. The molecule has 0 saturated carbocycles. The summed E-state index contributed by atoms with van der Waals surface area (Å²) in [6.07, 6.45) is 3.97. The molecule has 98 valence electrons. The molecule has 0 bridgehead atoms. The van der Waals surface area contributed by atoms with Gasteiger partial charge in [0.1, 0.15) is 0 Å². The van der Waals surface area contributed by atoms with E-state index in [1.807, 2.05) is 12.1 Å². The van der Waals surface area contributed by atoms with Crippen molar-refractivity contribution in [1.29, 1.82) is 0 Å². The van der Waals surface area contributed by atoms with Crippen molar-refractivity contribution in [3.05, 3.63) is 23.8 Å². The largest absolute Gasteiger partial charge is 0.397 e. The van der Waals surface area contributed by atoms with Gasteiger partial charge in [0, 0.05) is 25.7 Å². The van der Waals surface area contributed by atoms with Gasteiger partial charge in [-0.05, 0) is 44.4 Å². The highest BCUT2D eigenvalue weighted by molar-refractivity contribution is 5.71. The first-order valence-corrected chi connectivity index (χ1v) is 7.10. The van der Waals surface area contributed by atoms with Crippen LogP contribution in [0.1, 0.15) is 24.8 Å². The Balaban J connectivity index is 1.87. The van der Waals surface area contributed by atoms with E-state index in [9.17, 15) is 0 Å². The van der Waals surface area contributed by atoms with Gasteiger partial charge in [0.15, 0.2) is 0 Å². The van der Waals surface area contributed by atoms with Crippen LogP contribution >= 0.6 is 0 Å². The number of nitrogens with zero attached hydrogens (tertiary/aromatic N) is 2. The predicted octanol–water partition coefficient (Wildman–Crippen LogP) is 2.25. The maximum absolute atomic E-state index is 6.19. The number of hydrogen-bond acceptors (Lipinski definition) is 3.